The lowest BCUT2D eigenvalue weighted by Gasteiger charge is -2.09. The molecular weight excluding hydrogens is 317 g/mol. The molecule has 0 aliphatic heterocycles. The lowest BCUT2D eigenvalue weighted by molar-refractivity contribution is -0.137. The van der Waals surface area contributed by atoms with Crippen LogP contribution in [0.2, 0.25) is 5.02 Å². The van der Waals surface area contributed by atoms with Gasteiger partial charge < -0.3 is 3.53 Å². The first-order valence-corrected chi connectivity index (χ1v) is 4.64. The second kappa shape index (κ2) is 3.91. The van der Waals surface area contributed by atoms with Crippen molar-refractivity contribution in [3.05, 3.63) is 28.8 Å². The normalized spacial score (nSPS) is 11.5. The lowest BCUT2D eigenvalue weighted by Crippen LogP contribution is -2.05. The maximum atomic E-state index is 12.2. The number of hydrogen-bond donors (Lipinski definition) is 1. The molecule has 0 atom stereocenters. The summed E-state index contributed by atoms with van der Waals surface area (Å²) in [6.45, 7) is 0. The van der Waals surface area contributed by atoms with Crippen molar-refractivity contribution in [1.82, 2.24) is 0 Å². The fourth-order valence-corrected chi connectivity index (χ4v) is 1.43. The predicted octanol–water partition coefficient (Wildman–Crippen LogP) is 4.12. The molecule has 0 spiro atoms. The molecule has 0 radical (unpaired) electrons. The third-order valence-corrected chi connectivity index (χ3v) is 2.32. The van der Waals surface area contributed by atoms with Crippen LogP contribution in [0, 0.1) is 0 Å². The van der Waals surface area contributed by atoms with Crippen molar-refractivity contribution < 1.29 is 13.2 Å². The Hall–Kier alpha value is -0.170. The molecule has 0 fully saturated rings. The number of halogens is 5. The molecule has 0 aliphatic carbocycles. The van der Waals surface area contributed by atoms with Gasteiger partial charge in [-0.05, 0) is 18.2 Å². The second-order valence-corrected chi connectivity index (χ2v) is 3.23. The SMILES string of the molecule is FC(F)(F)c1ccc(NI)cc1Cl. The highest BCUT2D eigenvalue weighted by atomic mass is 127. The molecule has 0 saturated heterocycles. The lowest BCUT2D eigenvalue weighted by atomic mass is 10.2. The smallest absolute Gasteiger partial charge is 0.328 e. The molecule has 72 valence electrons. The minimum atomic E-state index is -4.39. The molecule has 0 amide bonds. The summed E-state index contributed by atoms with van der Waals surface area (Å²) < 4.78 is 39.2. The third kappa shape index (κ3) is 2.63. The van der Waals surface area contributed by atoms with Gasteiger partial charge in [0.15, 0.2) is 0 Å². The Labute approximate surface area is 91.8 Å². The molecule has 0 bridgehead atoms. The van der Waals surface area contributed by atoms with Crippen LogP contribution in [0.4, 0.5) is 18.9 Å². The molecule has 1 nitrogen and oxygen atoms in total. The fourth-order valence-electron chi connectivity index (χ4n) is 0.804. The van der Waals surface area contributed by atoms with E-state index >= 15 is 0 Å². The molecule has 1 N–H and O–H groups in total. The second-order valence-electron chi connectivity index (χ2n) is 2.29. The zero-order chi connectivity index (χ0) is 10.1. The average molecular weight is 321 g/mol. The molecule has 0 heterocycles. The summed E-state index contributed by atoms with van der Waals surface area (Å²) >= 11 is 7.24. The molecule has 0 aromatic heterocycles. The average Bonchev–Trinajstić information content (AvgIpc) is 2.01. The zero-order valence-corrected chi connectivity index (χ0v) is 9.04. The van der Waals surface area contributed by atoms with E-state index in [2.05, 4.69) is 3.53 Å². The van der Waals surface area contributed by atoms with E-state index in [0.717, 1.165) is 6.07 Å². The maximum absolute atomic E-state index is 12.2. The fraction of sp³-hybridized carbons (Fsp3) is 0.143. The van der Waals surface area contributed by atoms with E-state index in [-0.39, 0.29) is 5.02 Å². The van der Waals surface area contributed by atoms with Crippen LogP contribution in [0.5, 0.6) is 0 Å². The van der Waals surface area contributed by atoms with Crippen molar-refractivity contribution >= 4 is 40.2 Å². The zero-order valence-electron chi connectivity index (χ0n) is 6.12. The van der Waals surface area contributed by atoms with E-state index < -0.39 is 11.7 Å². The van der Waals surface area contributed by atoms with Crippen molar-refractivity contribution in [2.45, 2.75) is 6.18 Å². The van der Waals surface area contributed by atoms with Crippen LogP contribution in [-0.2, 0) is 6.18 Å². The van der Waals surface area contributed by atoms with Gasteiger partial charge in [-0.15, -0.1) is 0 Å². The van der Waals surface area contributed by atoms with Crippen LogP contribution in [0.1, 0.15) is 5.56 Å². The minimum Gasteiger partial charge on any atom is -0.328 e. The first-order valence-electron chi connectivity index (χ1n) is 3.18. The molecule has 0 unspecified atom stereocenters. The monoisotopic (exact) mass is 321 g/mol. The highest BCUT2D eigenvalue weighted by Crippen LogP contribution is 2.35. The molecule has 6 heteroatoms. The number of benzene rings is 1. The van der Waals surface area contributed by atoms with E-state index in [4.69, 9.17) is 11.6 Å². The molecular formula is C7H4ClF3IN. The number of rotatable bonds is 1. The van der Waals surface area contributed by atoms with Gasteiger partial charge in [0.05, 0.1) is 33.5 Å². The van der Waals surface area contributed by atoms with E-state index in [1.165, 1.54) is 12.1 Å². The van der Waals surface area contributed by atoms with E-state index in [1.807, 2.05) is 22.9 Å². The van der Waals surface area contributed by atoms with Gasteiger partial charge in [-0.2, -0.15) is 13.2 Å². The molecule has 0 aliphatic rings. The van der Waals surface area contributed by atoms with Crippen LogP contribution in [-0.4, -0.2) is 0 Å². The van der Waals surface area contributed by atoms with Crippen molar-refractivity contribution in [2.24, 2.45) is 0 Å². The molecule has 1 aromatic rings. The van der Waals surface area contributed by atoms with Gasteiger partial charge in [-0.1, -0.05) is 11.6 Å². The van der Waals surface area contributed by atoms with Gasteiger partial charge in [-0.25, -0.2) is 0 Å². The van der Waals surface area contributed by atoms with E-state index in [1.54, 1.807) is 0 Å². The van der Waals surface area contributed by atoms with E-state index in [0.29, 0.717) is 5.69 Å². The van der Waals surface area contributed by atoms with Crippen LogP contribution in [0.25, 0.3) is 0 Å². The third-order valence-electron chi connectivity index (χ3n) is 1.38. The number of nitrogens with one attached hydrogen (secondary N) is 1. The summed E-state index contributed by atoms with van der Waals surface area (Å²) in [6, 6.07) is 3.50. The Morgan fingerprint density at radius 3 is 2.31 bits per heavy atom. The Morgan fingerprint density at radius 2 is 1.92 bits per heavy atom. The summed E-state index contributed by atoms with van der Waals surface area (Å²) in [5.74, 6) is 0. The summed E-state index contributed by atoms with van der Waals surface area (Å²) in [6.07, 6.45) is -4.39. The Balaban J connectivity index is 3.13. The maximum Gasteiger partial charge on any atom is 0.417 e. The Bertz CT molecular complexity index is 313. The summed E-state index contributed by atoms with van der Waals surface area (Å²) in [5, 5.41) is -0.297. The summed E-state index contributed by atoms with van der Waals surface area (Å²) in [4.78, 5) is 0. The summed E-state index contributed by atoms with van der Waals surface area (Å²) in [5.41, 5.74) is -0.275. The van der Waals surface area contributed by atoms with Gasteiger partial charge in [0, 0.05) is 5.69 Å². The van der Waals surface area contributed by atoms with Crippen molar-refractivity contribution in [3.63, 3.8) is 0 Å². The van der Waals surface area contributed by atoms with Gasteiger partial charge in [0.25, 0.3) is 0 Å². The van der Waals surface area contributed by atoms with Gasteiger partial charge >= 0.3 is 6.18 Å². The van der Waals surface area contributed by atoms with Crippen molar-refractivity contribution in [2.75, 3.05) is 3.53 Å². The van der Waals surface area contributed by atoms with Gasteiger partial charge in [-0.3, -0.25) is 0 Å². The quantitative estimate of drug-likeness (QED) is 0.606. The highest BCUT2D eigenvalue weighted by molar-refractivity contribution is 14.1. The largest absolute Gasteiger partial charge is 0.417 e. The number of hydrogen-bond acceptors (Lipinski definition) is 1. The first-order chi connectivity index (χ1) is 5.95. The molecule has 13 heavy (non-hydrogen) atoms. The first kappa shape index (κ1) is 10.9. The molecule has 0 saturated carbocycles. The number of anilines is 1. The Morgan fingerprint density at radius 1 is 1.31 bits per heavy atom. The highest BCUT2D eigenvalue weighted by Gasteiger charge is 2.32. The van der Waals surface area contributed by atoms with Gasteiger partial charge in [0.1, 0.15) is 0 Å². The van der Waals surface area contributed by atoms with E-state index in [9.17, 15) is 13.2 Å². The van der Waals surface area contributed by atoms with Crippen LogP contribution in [0.3, 0.4) is 0 Å². The molecule has 1 rings (SSSR count). The van der Waals surface area contributed by atoms with Crippen molar-refractivity contribution in [1.29, 1.82) is 0 Å². The topological polar surface area (TPSA) is 12.0 Å². The predicted molar refractivity (Wildman–Crippen MR) is 54.1 cm³/mol. The van der Waals surface area contributed by atoms with Gasteiger partial charge in [0.2, 0.25) is 0 Å². The van der Waals surface area contributed by atoms with Crippen LogP contribution >= 0.6 is 34.5 Å². The number of alkyl halides is 3. The minimum absolute atomic E-state index is 0.297. The van der Waals surface area contributed by atoms with Crippen LogP contribution < -0.4 is 3.53 Å². The van der Waals surface area contributed by atoms with Crippen LogP contribution in [0.15, 0.2) is 18.2 Å². The molecule has 1 aromatic carbocycles. The Kier molecular flexibility index (Phi) is 3.28. The van der Waals surface area contributed by atoms with Crippen molar-refractivity contribution in [3.8, 4) is 0 Å². The standard InChI is InChI=1S/C7H4ClF3IN/c8-6-3-4(13-12)1-2-5(6)7(9,10)11/h1-3,13H. The summed E-state index contributed by atoms with van der Waals surface area (Å²) in [7, 11) is 0.